The third-order valence-corrected chi connectivity index (χ3v) is 8.06. The summed E-state index contributed by atoms with van der Waals surface area (Å²) in [5, 5.41) is 22.4. The smallest absolute Gasteiger partial charge is 0.201 e. The van der Waals surface area contributed by atoms with Crippen molar-refractivity contribution in [2.75, 3.05) is 6.61 Å². The minimum Gasteiger partial charge on any atom is -0.504 e. The van der Waals surface area contributed by atoms with Crippen LogP contribution in [0.25, 0.3) is 0 Å². The first-order valence-electron chi connectivity index (χ1n) is 16.8. The summed E-state index contributed by atoms with van der Waals surface area (Å²) in [5.41, 5.74) is 3.50. The summed E-state index contributed by atoms with van der Waals surface area (Å²) in [6.07, 6.45) is 28.6. The molecule has 0 unspecified atom stereocenters. The van der Waals surface area contributed by atoms with Gasteiger partial charge < -0.3 is 14.9 Å². The fraction of sp³-hybridized carbons (Fsp3) is 0.829. The van der Waals surface area contributed by atoms with Gasteiger partial charge in [0.25, 0.3) is 0 Å². The van der Waals surface area contributed by atoms with Crippen LogP contribution in [0.4, 0.5) is 0 Å². The van der Waals surface area contributed by atoms with E-state index in [1.54, 1.807) is 0 Å². The van der Waals surface area contributed by atoms with Crippen molar-refractivity contribution in [2.24, 2.45) is 0 Å². The standard InChI is InChI=1S/C35H64O3/c1-5-9-13-16-19-22-26-30-31(27-23-20-17-14-10-6-2)33(36)34(37)35(38-29-25-12-8-4)32(30)28-24-21-18-15-11-7-3/h36-37H,5-29H2,1-4H3. The summed E-state index contributed by atoms with van der Waals surface area (Å²) in [4.78, 5) is 0. The second kappa shape index (κ2) is 23.5. The summed E-state index contributed by atoms with van der Waals surface area (Å²) < 4.78 is 6.26. The van der Waals surface area contributed by atoms with Crippen LogP contribution in [0.1, 0.15) is 179 Å². The molecule has 222 valence electrons. The van der Waals surface area contributed by atoms with Crippen LogP contribution in [-0.2, 0) is 19.3 Å². The van der Waals surface area contributed by atoms with Crippen LogP contribution in [0.2, 0.25) is 0 Å². The van der Waals surface area contributed by atoms with Gasteiger partial charge in [-0.05, 0) is 50.5 Å². The molecule has 0 aliphatic rings. The molecule has 1 aromatic rings. The molecule has 1 rings (SSSR count). The molecule has 0 fully saturated rings. The summed E-state index contributed by atoms with van der Waals surface area (Å²) in [5.74, 6) is 0.673. The fourth-order valence-corrected chi connectivity index (χ4v) is 5.62. The monoisotopic (exact) mass is 532 g/mol. The Morgan fingerprint density at radius 3 is 1.24 bits per heavy atom. The van der Waals surface area contributed by atoms with Crippen LogP contribution in [-0.4, -0.2) is 16.8 Å². The largest absolute Gasteiger partial charge is 0.504 e. The number of benzene rings is 1. The predicted molar refractivity (Wildman–Crippen MR) is 166 cm³/mol. The highest BCUT2D eigenvalue weighted by Crippen LogP contribution is 2.46. The first kappa shape index (κ1) is 34.6. The molecule has 2 N–H and O–H groups in total. The van der Waals surface area contributed by atoms with E-state index in [4.69, 9.17) is 4.74 Å². The van der Waals surface area contributed by atoms with E-state index in [1.807, 2.05) is 0 Å². The first-order valence-corrected chi connectivity index (χ1v) is 16.8. The summed E-state index contributed by atoms with van der Waals surface area (Å²) >= 11 is 0. The van der Waals surface area contributed by atoms with Crippen molar-refractivity contribution < 1.29 is 14.9 Å². The molecule has 3 nitrogen and oxygen atoms in total. The van der Waals surface area contributed by atoms with E-state index in [9.17, 15) is 10.2 Å². The van der Waals surface area contributed by atoms with Gasteiger partial charge in [-0.2, -0.15) is 0 Å². The maximum absolute atomic E-state index is 11.2. The van der Waals surface area contributed by atoms with Crippen molar-refractivity contribution >= 4 is 0 Å². The molecule has 0 heterocycles. The van der Waals surface area contributed by atoms with Crippen molar-refractivity contribution in [1.82, 2.24) is 0 Å². The van der Waals surface area contributed by atoms with Crippen LogP contribution in [0, 0.1) is 0 Å². The highest BCUT2D eigenvalue weighted by molar-refractivity contribution is 5.62. The van der Waals surface area contributed by atoms with Gasteiger partial charge >= 0.3 is 0 Å². The molecule has 0 aromatic heterocycles. The molecule has 0 atom stereocenters. The molecule has 0 saturated carbocycles. The summed E-state index contributed by atoms with van der Waals surface area (Å²) in [6, 6.07) is 0. The lowest BCUT2D eigenvalue weighted by Gasteiger charge is -2.23. The number of phenols is 2. The van der Waals surface area contributed by atoms with Crippen LogP contribution < -0.4 is 4.74 Å². The Morgan fingerprint density at radius 2 is 0.763 bits per heavy atom. The van der Waals surface area contributed by atoms with E-state index in [1.165, 1.54) is 107 Å². The second-order valence-electron chi connectivity index (χ2n) is 11.6. The van der Waals surface area contributed by atoms with E-state index in [-0.39, 0.29) is 11.5 Å². The number of ether oxygens (including phenoxy) is 1. The lowest BCUT2D eigenvalue weighted by molar-refractivity contribution is 0.279. The van der Waals surface area contributed by atoms with Gasteiger partial charge in [0.2, 0.25) is 5.75 Å². The van der Waals surface area contributed by atoms with Gasteiger partial charge in [0.15, 0.2) is 11.5 Å². The lowest BCUT2D eigenvalue weighted by Crippen LogP contribution is -2.08. The Balaban J connectivity index is 3.15. The zero-order valence-electron chi connectivity index (χ0n) is 26.0. The third-order valence-electron chi connectivity index (χ3n) is 8.06. The normalized spacial score (nSPS) is 11.4. The van der Waals surface area contributed by atoms with Gasteiger partial charge in [-0.15, -0.1) is 0 Å². The number of rotatable bonds is 26. The number of hydrogen-bond acceptors (Lipinski definition) is 3. The van der Waals surface area contributed by atoms with E-state index >= 15 is 0 Å². The number of phenolic OH excluding ortho intramolecular Hbond substituents is 2. The highest BCUT2D eigenvalue weighted by Gasteiger charge is 2.24. The highest BCUT2D eigenvalue weighted by atomic mass is 16.5. The molecule has 0 amide bonds. The number of hydrogen-bond donors (Lipinski definition) is 2. The van der Waals surface area contributed by atoms with Crippen LogP contribution in [0.5, 0.6) is 17.2 Å². The maximum atomic E-state index is 11.2. The molecule has 0 spiro atoms. The number of unbranched alkanes of at least 4 members (excludes halogenated alkanes) is 17. The topological polar surface area (TPSA) is 49.7 Å². The average molecular weight is 533 g/mol. The predicted octanol–water partition coefficient (Wildman–Crippen LogP) is 11.4. The van der Waals surface area contributed by atoms with E-state index in [2.05, 4.69) is 27.7 Å². The number of aromatic hydroxyl groups is 2. The molecule has 38 heavy (non-hydrogen) atoms. The molecule has 0 bridgehead atoms. The molecule has 0 aliphatic heterocycles. The average Bonchev–Trinajstić information content (AvgIpc) is 2.92. The van der Waals surface area contributed by atoms with Gasteiger partial charge in [-0.1, -0.05) is 137 Å². The SMILES string of the molecule is CCCCCCCCc1c(O)c(O)c(OCCCCC)c(CCCCCCCC)c1CCCCCCCC. The van der Waals surface area contributed by atoms with Crippen molar-refractivity contribution in [3.63, 3.8) is 0 Å². The summed E-state index contributed by atoms with van der Waals surface area (Å²) in [6.45, 7) is 9.60. The van der Waals surface area contributed by atoms with E-state index in [0.717, 1.165) is 63.4 Å². The maximum Gasteiger partial charge on any atom is 0.201 e. The van der Waals surface area contributed by atoms with Crippen LogP contribution in [0.3, 0.4) is 0 Å². The Bertz CT molecular complexity index is 697. The Morgan fingerprint density at radius 1 is 0.395 bits per heavy atom. The molecular weight excluding hydrogens is 468 g/mol. The quantitative estimate of drug-likeness (QED) is 0.0921. The zero-order valence-corrected chi connectivity index (χ0v) is 26.0. The molecular formula is C35H64O3. The lowest BCUT2D eigenvalue weighted by atomic mass is 9.88. The van der Waals surface area contributed by atoms with Gasteiger partial charge in [-0.3, -0.25) is 0 Å². The van der Waals surface area contributed by atoms with Gasteiger partial charge in [0.1, 0.15) is 0 Å². The third kappa shape index (κ3) is 14.1. The minimum atomic E-state index is -0.00448. The molecule has 0 radical (unpaired) electrons. The fourth-order valence-electron chi connectivity index (χ4n) is 5.62. The van der Waals surface area contributed by atoms with Crippen LogP contribution >= 0.6 is 0 Å². The van der Waals surface area contributed by atoms with E-state index < -0.39 is 0 Å². The molecule has 3 heteroatoms. The van der Waals surface area contributed by atoms with Crippen molar-refractivity contribution in [2.45, 2.75) is 182 Å². The van der Waals surface area contributed by atoms with Crippen molar-refractivity contribution in [3.8, 4) is 17.2 Å². The Kier molecular flexibility index (Phi) is 21.4. The van der Waals surface area contributed by atoms with Crippen molar-refractivity contribution in [3.05, 3.63) is 16.7 Å². The molecule has 0 aliphatic carbocycles. The van der Waals surface area contributed by atoms with Gasteiger partial charge in [0, 0.05) is 11.1 Å². The summed E-state index contributed by atoms with van der Waals surface area (Å²) in [7, 11) is 0. The van der Waals surface area contributed by atoms with E-state index in [0.29, 0.717) is 12.4 Å². The van der Waals surface area contributed by atoms with Gasteiger partial charge in [-0.25, -0.2) is 0 Å². The Labute approximate surface area is 237 Å². The first-order chi connectivity index (χ1) is 18.6. The molecule has 1 aromatic carbocycles. The zero-order chi connectivity index (χ0) is 27.8. The van der Waals surface area contributed by atoms with Crippen LogP contribution in [0.15, 0.2) is 0 Å². The van der Waals surface area contributed by atoms with Crippen molar-refractivity contribution in [1.29, 1.82) is 0 Å². The molecule has 0 saturated heterocycles. The van der Waals surface area contributed by atoms with Gasteiger partial charge in [0.05, 0.1) is 6.61 Å². The minimum absolute atomic E-state index is 0.00448. The Hall–Kier alpha value is -1.38. The second-order valence-corrected chi connectivity index (χ2v) is 11.6.